The van der Waals surface area contributed by atoms with Gasteiger partial charge < -0.3 is 5.32 Å². The summed E-state index contributed by atoms with van der Waals surface area (Å²) in [5.41, 5.74) is 3.33. The molecule has 0 spiro atoms. The zero-order valence-corrected chi connectivity index (χ0v) is 11.9. The summed E-state index contributed by atoms with van der Waals surface area (Å²) in [5, 5.41) is 8.08. The lowest BCUT2D eigenvalue weighted by atomic mass is 10.0. The third kappa shape index (κ3) is 2.69. The van der Waals surface area contributed by atoms with Crippen molar-refractivity contribution in [2.75, 3.05) is 5.32 Å². The molecule has 1 N–H and O–H groups in total. The van der Waals surface area contributed by atoms with Crippen LogP contribution in [-0.2, 0) is 13.5 Å². The maximum Gasteiger partial charge on any atom is 0.123 e. The second-order valence-corrected chi connectivity index (χ2v) is 5.53. The minimum Gasteiger partial charge on any atom is -0.375 e. The van der Waals surface area contributed by atoms with Crippen molar-refractivity contribution in [3.63, 3.8) is 0 Å². The Balaban J connectivity index is 1.86. The van der Waals surface area contributed by atoms with Crippen LogP contribution >= 0.6 is 0 Å². The molecule has 0 aliphatic heterocycles. The molecule has 0 saturated heterocycles. The van der Waals surface area contributed by atoms with Crippen molar-refractivity contribution in [2.45, 2.75) is 32.2 Å². The molecule has 1 aromatic carbocycles. The first kappa shape index (κ1) is 13.2. The van der Waals surface area contributed by atoms with Gasteiger partial charge in [0.05, 0.1) is 17.4 Å². The van der Waals surface area contributed by atoms with Gasteiger partial charge in [-0.2, -0.15) is 5.10 Å². The summed E-state index contributed by atoms with van der Waals surface area (Å²) in [6, 6.07) is 7.10. The molecular formula is C16H20FN3. The van der Waals surface area contributed by atoms with Gasteiger partial charge in [-0.15, -0.1) is 0 Å². The van der Waals surface area contributed by atoms with Crippen LogP contribution in [0.25, 0.3) is 0 Å². The third-order valence-electron chi connectivity index (χ3n) is 3.87. The van der Waals surface area contributed by atoms with E-state index in [2.05, 4.69) is 17.3 Å². The molecule has 1 aliphatic rings. The predicted octanol–water partition coefficient (Wildman–Crippen LogP) is 3.68. The van der Waals surface area contributed by atoms with Gasteiger partial charge in [-0.1, -0.05) is 19.1 Å². The Kier molecular flexibility index (Phi) is 3.47. The Bertz CT molecular complexity index is 584. The van der Waals surface area contributed by atoms with Crippen molar-refractivity contribution < 1.29 is 4.39 Å². The van der Waals surface area contributed by atoms with Gasteiger partial charge >= 0.3 is 0 Å². The van der Waals surface area contributed by atoms with Crippen LogP contribution in [0.3, 0.4) is 0 Å². The first-order valence-corrected chi connectivity index (χ1v) is 7.22. The molecule has 1 saturated carbocycles. The molecule has 2 aromatic rings. The van der Waals surface area contributed by atoms with E-state index < -0.39 is 0 Å². The van der Waals surface area contributed by atoms with E-state index in [1.54, 1.807) is 0 Å². The number of hydrogen-bond acceptors (Lipinski definition) is 2. The maximum atomic E-state index is 13.1. The largest absolute Gasteiger partial charge is 0.375 e. The second kappa shape index (κ2) is 5.27. The Hall–Kier alpha value is -1.84. The van der Waals surface area contributed by atoms with E-state index in [1.807, 2.05) is 30.1 Å². The highest BCUT2D eigenvalue weighted by molar-refractivity contribution is 5.49. The van der Waals surface area contributed by atoms with Crippen molar-refractivity contribution in [3.05, 3.63) is 47.5 Å². The average Bonchev–Trinajstić information content (AvgIpc) is 3.21. The molecule has 1 aliphatic carbocycles. The fourth-order valence-electron chi connectivity index (χ4n) is 2.66. The van der Waals surface area contributed by atoms with Gasteiger partial charge in [-0.3, -0.25) is 4.68 Å². The summed E-state index contributed by atoms with van der Waals surface area (Å²) in [4.78, 5) is 0. The molecule has 106 valence electrons. The summed E-state index contributed by atoms with van der Waals surface area (Å²) >= 11 is 0. The van der Waals surface area contributed by atoms with E-state index in [0.29, 0.717) is 5.92 Å². The Morgan fingerprint density at radius 1 is 1.35 bits per heavy atom. The summed E-state index contributed by atoms with van der Waals surface area (Å²) in [5.74, 6) is 0.462. The van der Waals surface area contributed by atoms with Gasteiger partial charge in [0.1, 0.15) is 5.82 Å². The summed E-state index contributed by atoms with van der Waals surface area (Å²) in [7, 11) is 1.94. The minimum absolute atomic E-state index is 0.182. The lowest BCUT2D eigenvalue weighted by Gasteiger charge is -2.19. The predicted molar refractivity (Wildman–Crippen MR) is 78.1 cm³/mol. The minimum atomic E-state index is -0.182. The van der Waals surface area contributed by atoms with E-state index in [-0.39, 0.29) is 11.9 Å². The molecular weight excluding hydrogens is 253 g/mol. The van der Waals surface area contributed by atoms with Crippen molar-refractivity contribution in [3.8, 4) is 0 Å². The Labute approximate surface area is 118 Å². The first-order chi connectivity index (χ1) is 9.67. The number of halogens is 1. The first-order valence-electron chi connectivity index (χ1n) is 7.22. The van der Waals surface area contributed by atoms with Crippen LogP contribution in [0.4, 0.5) is 10.1 Å². The van der Waals surface area contributed by atoms with Gasteiger partial charge in [0, 0.05) is 13.2 Å². The van der Waals surface area contributed by atoms with Crippen LogP contribution in [0.15, 0.2) is 30.5 Å². The van der Waals surface area contributed by atoms with Gasteiger partial charge in [0.2, 0.25) is 0 Å². The van der Waals surface area contributed by atoms with Gasteiger partial charge in [-0.05, 0) is 42.9 Å². The summed E-state index contributed by atoms with van der Waals surface area (Å²) < 4.78 is 14.9. The van der Waals surface area contributed by atoms with E-state index in [0.717, 1.165) is 23.4 Å². The summed E-state index contributed by atoms with van der Waals surface area (Å²) in [6.07, 6.45) is 5.40. The number of nitrogens with one attached hydrogen (secondary N) is 1. The smallest absolute Gasteiger partial charge is 0.123 e. The Morgan fingerprint density at radius 2 is 2.05 bits per heavy atom. The fourth-order valence-corrected chi connectivity index (χ4v) is 2.66. The van der Waals surface area contributed by atoms with Gasteiger partial charge in [-0.25, -0.2) is 4.39 Å². The van der Waals surface area contributed by atoms with Crippen molar-refractivity contribution in [1.82, 2.24) is 9.78 Å². The number of nitrogens with zero attached hydrogens (tertiary/aromatic N) is 2. The highest BCUT2D eigenvalue weighted by atomic mass is 19.1. The maximum absolute atomic E-state index is 13.1. The molecule has 3 nitrogen and oxygen atoms in total. The topological polar surface area (TPSA) is 29.9 Å². The van der Waals surface area contributed by atoms with E-state index >= 15 is 0 Å². The monoisotopic (exact) mass is 273 g/mol. The number of rotatable bonds is 5. The second-order valence-electron chi connectivity index (χ2n) is 5.53. The molecule has 0 bridgehead atoms. The van der Waals surface area contributed by atoms with Crippen LogP contribution in [-0.4, -0.2) is 9.78 Å². The van der Waals surface area contributed by atoms with Gasteiger partial charge in [0.15, 0.2) is 0 Å². The molecule has 1 heterocycles. The highest BCUT2D eigenvalue weighted by Gasteiger charge is 2.32. The van der Waals surface area contributed by atoms with Gasteiger partial charge in [0.25, 0.3) is 0 Å². The lowest BCUT2D eigenvalue weighted by Crippen LogP contribution is -2.13. The average molecular weight is 273 g/mol. The molecule has 1 atom stereocenters. The van der Waals surface area contributed by atoms with E-state index in [9.17, 15) is 4.39 Å². The van der Waals surface area contributed by atoms with E-state index in [1.165, 1.54) is 25.0 Å². The molecule has 1 fully saturated rings. The number of aromatic nitrogens is 2. The lowest BCUT2D eigenvalue weighted by molar-refractivity contribution is 0.622. The van der Waals surface area contributed by atoms with Crippen molar-refractivity contribution in [2.24, 2.45) is 13.0 Å². The van der Waals surface area contributed by atoms with Crippen LogP contribution in [0, 0.1) is 11.7 Å². The van der Waals surface area contributed by atoms with Crippen molar-refractivity contribution >= 4 is 5.69 Å². The normalized spacial score (nSPS) is 16.1. The zero-order valence-electron chi connectivity index (χ0n) is 11.9. The molecule has 4 heteroatoms. The molecule has 3 rings (SSSR count). The van der Waals surface area contributed by atoms with Crippen molar-refractivity contribution in [1.29, 1.82) is 0 Å². The molecule has 1 aromatic heterocycles. The van der Waals surface area contributed by atoms with Crippen LogP contribution in [0.5, 0.6) is 0 Å². The zero-order chi connectivity index (χ0) is 14.1. The highest BCUT2D eigenvalue weighted by Crippen LogP contribution is 2.43. The molecule has 20 heavy (non-hydrogen) atoms. The van der Waals surface area contributed by atoms with Crippen LogP contribution in [0.1, 0.15) is 37.1 Å². The van der Waals surface area contributed by atoms with E-state index in [4.69, 9.17) is 0 Å². The number of benzene rings is 1. The van der Waals surface area contributed by atoms with Crippen LogP contribution in [0.2, 0.25) is 0 Å². The number of anilines is 1. The molecule has 0 amide bonds. The number of aryl methyl sites for hydroxylation is 2. The van der Waals surface area contributed by atoms with Crippen LogP contribution < -0.4 is 5.32 Å². The SMILES string of the molecule is CCc1nn(C)cc1NC(c1ccc(F)cc1)C1CC1. The molecule has 0 radical (unpaired) electrons. The third-order valence-corrected chi connectivity index (χ3v) is 3.87. The number of hydrogen-bond donors (Lipinski definition) is 1. The fraction of sp³-hybridized carbons (Fsp3) is 0.438. The quantitative estimate of drug-likeness (QED) is 0.900. The standard InChI is InChI=1S/C16H20FN3/c1-3-14-15(10-20(2)19-14)18-16(11-4-5-11)12-6-8-13(17)9-7-12/h6-11,16,18H,3-5H2,1-2H3. The Morgan fingerprint density at radius 3 is 2.65 bits per heavy atom. The molecule has 1 unspecified atom stereocenters. The summed E-state index contributed by atoms with van der Waals surface area (Å²) in [6.45, 7) is 2.11.